The molecule has 0 bridgehead atoms. The number of hydrogen-bond donors (Lipinski definition) is 1. The monoisotopic (exact) mass is 311 g/mol. The molecule has 0 saturated carbocycles. The van der Waals surface area contributed by atoms with E-state index in [0.717, 1.165) is 33.0 Å². The highest BCUT2D eigenvalue weighted by molar-refractivity contribution is 7.81. The summed E-state index contributed by atoms with van der Waals surface area (Å²) in [4.78, 5) is 16.7. The zero-order chi connectivity index (χ0) is 14.7. The van der Waals surface area contributed by atoms with Crippen molar-refractivity contribution < 1.29 is 4.79 Å². The van der Waals surface area contributed by atoms with Crippen LogP contribution in [-0.4, -0.2) is 11.3 Å². The number of aromatic nitrogens is 1. The molecule has 1 aromatic heterocycles. The van der Waals surface area contributed by atoms with Gasteiger partial charge >= 0.3 is 0 Å². The van der Waals surface area contributed by atoms with Crippen LogP contribution in [0.2, 0.25) is 0 Å². The normalized spacial score (nSPS) is 12.0. The molecular formula is C17H13NOS2. The Kier molecular flexibility index (Phi) is 4.18. The Morgan fingerprint density at radius 1 is 0.952 bits per heavy atom. The second-order valence-corrected chi connectivity index (χ2v) is 6.13. The number of rotatable bonds is 4. The maximum atomic E-state index is 11.0. The van der Waals surface area contributed by atoms with Crippen molar-refractivity contribution in [3.8, 4) is 21.7 Å². The molecule has 104 valence electrons. The third-order valence-corrected chi connectivity index (χ3v) is 4.84. The summed E-state index contributed by atoms with van der Waals surface area (Å²) in [6.07, 6.45) is 0.811. The molecule has 0 N–H and O–H groups in total. The second-order valence-electron chi connectivity index (χ2n) is 4.54. The van der Waals surface area contributed by atoms with Crippen LogP contribution in [0.4, 0.5) is 0 Å². The van der Waals surface area contributed by atoms with Crippen LogP contribution < -0.4 is 0 Å². The molecule has 0 aliphatic carbocycles. The summed E-state index contributed by atoms with van der Waals surface area (Å²) in [5.41, 5.74) is 3.06. The van der Waals surface area contributed by atoms with Crippen molar-refractivity contribution in [2.75, 3.05) is 0 Å². The number of nitrogens with zero attached hydrogens (tertiary/aromatic N) is 1. The van der Waals surface area contributed by atoms with Gasteiger partial charge in [-0.1, -0.05) is 60.7 Å². The van der Waals surface area contributed by atoms with Gasteiger partial charge < -0.3 is 4.79 Å². The molecule has 21 heavy (non-hydrogen) atoms. The van der Waals surface area contributed by atoms with Crippen molar-refractivity contribution in [1.82, 2.24) is 4.98 Å². The Hall–Kier alpha value is -1.91. The predicted octanol–water partition coefficient (Wildman–Crippen LogP) is 4.65. The summed E-state index contributed by atoms with van der Waals surface area (Å²) in [6.45, 7) is 0. The van der Waals surface area contributed by atoms with E-state index in [1.807, 2.05) is 48.5 Å². The third-order valence-electron chi connectivity index (χ3n) is 3.11. The summed E-state index contributed by atoms with van der Waals surface area (Å²) in [7, 11) is 0. The Labute approximate surface area is 132 Å². The molecular weight excluding hydrogens is 298 g/mol. The molecule has 2 nitrogen and oxygen atoms in total. The quantitative estimate of drug-likeness (QED) is 0.561. The number of aldehydes is 1. The Morgan fingerprint density at radius 3 is 2.10 bits per heavy atom. The minimum Gasteiger partial charge on any atom is -0.302 e. The van der Waals surface area contributed by atoms with Gasteiger partial charge in [0.2, 0.25) is 0 Å². The van der Waals surface area contributed by atoms with Crippen LogP contribution in [0.15, 0.2) is 60.7 Å². The van der Waals surface area contributed by atoms with Crippen molar-refractivity contribution in [3.63, 3.8) is 0 Å². The van der Waals surface area contributed by atoms with Crippen LogP contribution >= 0.6 is 24.0 Å². The van der Waals surface area contributed by atoms with E-state index in [9.17, 15) is 4.79 Å². The van der Waals surface area contributed by atoms with Crippen LogP contribution in [0.1, 0.15) is 10.3 Å². The number of thiol groups is 1. The van der Waals surface area contributed by atoms with Crippen molar-refractivity contribution in [1.29, 1.82) is 0 Å². The van der Waals surface area contributed by atoms with Crippen LogP contribution in [0.5, 0.6) is 0 Å². The van der Waals surface area contributed by atoms with Gasteiger partial charge in [0.05, 0.1) is 10.6 Å². The molecule has 0 aliphatic rings. The van der Waals surface area contributed by atoms with Crippen LogP contribution in [-0.2, 0) is 4.79 Å². The Morgan fingerprint density at radius 2 is 1.52 bits per heavy atom. The van der Waals surface area contributed by atoms with Crippen LogP contribution in [0, 0.1) is 0 Å². The molecule has 0 saturated heterocycles. The standard InChI is InChI=1S/C17H13NOS2/c19-11-14(20)17-18-15(12-7-3-1-4-8-12)16(21-17)13-9-5-2-6-10-13/h1-11,14,20H. The van der Waals surface area contributed by atoms with E-state index in [1.54, 1.807) is 0 Å². The number of carbonyl (C=O) groups is 1. The second kappa shape index (κ2) is 6.24. The topological polar surface area (TPSA) is 30.0 Å². The first-order chi connectivity index (χ1) is 10.3. The van der Waals surface area contributed by atoms with Gasteiger partial charge in [-0.05, 0) is 5.56 Å². The molecule has 3 aromatic rings. The van der Waals surface area contributed by atoms with Crippen LogP contribution in [0.25, 0.3) is 21.7 Å². The predicted molar refractivity (Wildman–Crippen MR) is 90.8 cm³/mol. The van der Waals surface area contributed by atoms with Gasteiger partial charge in [-0.15, -0.1) is 11.3 Å². The lowest BCUT2D eigenvalue weighted by molar-refractivity contribution is -0.107. The number of benzene rings is 2. The minimum atomic E-state index is -0.477. The lowest BCUT2D eigenvalue weighted by atomic mass is 10.1. The average molecular weight is 311 g/mol. The van der Waals surface area contributed by atoms with Gasteiger partial charge in [0, 0.05) is 5.56 Å². The lowest BCUT2D eigenvalue weighted by Gasteiger charge is -2.02. The molecule has 2 aromatic carbocycles. The largest absolute Gasteiger partial charge is 0.302 e. The zero-order valence-corrected chi connectivity index (χ0v) is 12.9. The molecule has 0 fully saturated rings. The summed E-state index contributed by atoms with van der Waals surface area (Å²) in [6, 6.07) is 20.1. The summed E-state index contributed by atoms with van der Waals surface area (Å²) in [5.74, 6) is 0. The van der Waals surface area contributed by atoms with Gasteiger partial charge in [0.25, 0.3) is 0 Å². The van der Waals surface area contributed by atoms with Crippen molar-refractivity contribution >= 4 is 30.3 Å². The summed E-state index contributed by atoms with van der Waals surface area (Å²) < 4.78 is 0. The number of thiazole rings is 1. The Balaban J connectivity index is 2.17. The smallest absolute Gasteiger partial charge is 0.139 e. The third kappa shape index (κ3) is 2.91. The van der Waals surface area contributed by atoms with Gasteiger partial charge in [-0.2, -0.15) is 12.6 Å². The van der Waals surface area contributed by atoms with E-state index in [1.165, 1.54) is 11.3 Å². The molecule has 1 atom stereocenters. The van der Waals surface area contributed by atoms with E-state index < -0.39 is 5.25 Å². The SMILES string of the molecule is O=CC(S)c1nc(-c2ccccc2)c(-c2ccccc2)s1. The van der Waals surface area contributed by atoms with Gasteiger partial charge in [-0.3, -0.25) is 0 Å². The first kappa shape index (κ1) is 14.0. The molecule has 1 unspecified atom stereocenters. The molecule has 1 heterocycles. The summed E-state index contributed by atoms with van der Waals surface area (Å²) >= 11 is 5.81. The van der Waals surface area contributed by atoms with E-state index in [0.29, 0.717) is 0 Å². The number of carbonyl (C=O) groups excluding carboxylic acids is 1. The molecule has 0 aliphatic heterocycles. The van der Waals surface area contributed by atoms with Gasteiger partial charge in [0.15, 0.2) is 0 Å². The molecule has 0 spiro atoms. The van der Waals surface area contributed by atoms with Gasteiger partial charge in [0.1, 0.15) is 16.5 Å². The van der Waals surface area contributed by atoms with E-state index in [-0.39, 0.29) is 0 Å². The van der Waals surface area contributed by atoms with E-state index >= 15 is 0 Å². The minimum absolute atomic E-state index is 0.477. The van der Waals surface area contributed by atoms with Crippen molar-refractivity contribution in [3.05, 3.63) is 65.7 Å². The average Bonchev–Trinajstić information content (AvgIpc) is 3.01. The zero-order valence-electron chi connectivity index (χ0n) is 11.1. The van der Waals surface area contributed by atoms with Gasteiger partial charge in [-0.25, -0.2) is 4.98 Å². The molecule has 0 amide bonds. The maximum absolute atomic E-state index is 11.0. The molecule has 3 rings (SSSR count). The highest BCUT2D eigenvalue weighted by Crippen LogP contribution is 2.39. The molecule has 4 heteroatoms. The summed E-state index contributed by atoms with van der Waals surface area (Å²) in [5, 5.41) is 0.251. The first-order valence-corrected chi connectivity index (χ1v) is 7.88. The highest BCUT2D eigenvalue weighted by Gasteiger charge is 2.18. The van der Waals surface area contributed by atoms with Crippen molar-refractivity contribution in [2.45, 2.75) is 5.25 Å². The van der Waals surface area contributed by atoms with Crippen molar-refractivity contribution in [2.24, 2.45) is 0 Å². The van der Waals surface area contributed by atoms with E-state index in [2.05, 4.69) is 29.7 Å². The first-order valence-electron chi connectivity index (χ1n) is 6.54. The fourth-order valence-corrected chi connectivity index (χ4v) is 3.35. The highest BCUT2D eigenvalue weighted by atomic mass is 32.1. The molecule has 0 radical (unpaired) electrons. The fourth-order valence-electron chi connectivity index (χ4n) is 2.10. The van der Waals surface area contributed by atoms with Crippen LogP contribution in [0.3, 0.4) is 0 Å². The van der Waals surface area contributed by atoms with E-state index in [4.69, 9.17) is 0 Å². The maximum Gasteiger partial charge on any atom is 0.139 e. The number of hydrogen-bond acceptors (Lipinski definition) is 4. The fraction of sp³-hybridized carbons (Fsp3) is 0.0588. The lowest BCUT2D eigenvalue weighted by Crippen LogP contribution is -1.90. The Bertz CT molecular complexity index is 681.